The second kappa shape index (κ2) is 6.03. The van der Waals surface area contributed by atoms with Crippen LogP contribution in [0.15, 0.2) is 29.3 Å². The van der Waals surface area contributed by atoms with E-state index >= 15 is 0 Å². The van der Waals surface area contributed by atoms with Crippen LogP contribution in [0.2, 0.25) is 0 Å². The van der Waals surface area contributed by atoms with Crippen LogP contribution in [0, 0.1) is 6.92 Å². The third-order valence-electron chi connectivity index (χ3n) is 6.64. The third kappa shape index (κ3) is 2.57. The molecule has 2 atom stereocenters. The quantitative estimate of drug-likeness (QED) is 0.716. The molecule has 150 valence electrons. The third-order valence-corrected chi connectivity index (χ3v) is 6.64. The molecule has 6 rings (SSSR count). The molecule has 2 aliphatic heterocycles. The first-order valence-corrected chi connectivity index (χ1v) is 10.3. The van der Waals surface area contributed by atoms with Crippen LogP contribution in [-0.4, -0.2) is 71.3 Å². The number of fused-ring (bicyclic) bond motifs is 3. The van der Waals surface area contributed by atoms with Crippen LogP contribution in [0.1, 0.15) is 41.7 Å². The first-order valence-electron chi connectivity index (χ1n) is 10.3. The van der Waals surface area contributed by atoms with Crippen molar-refractivity contribution in [3.8, 4) is 5.95 Å². The van der Waals surface area contributed by atoms with Crippen LogP contribution in [-0.2, 0) is 0 Å². The molecule has 0 spiro atoms. The molecule has 2 unspecified atom stereocenters. The molecule has 2 saturated heterocycles. The molecule has 0 radical (unpaired) electrons. The zero-order valence-electron chi connectivity index (χ0n) is 16.3. The Morgan fingerprint density at radius 1 is 1.14 bits per heavy atom. The van der Waals surface area contributed by atoms with Gasteiger partial charge in [0.2, 0.25) is 5.95 Å². The lowest BCUT2D eigenvalue weighted by molar-refractivity contribution is 0.0403. The average molecular weight is 393 g/mol. The SMILES string of the molecule is Cc1c(C(=O)N2C3CCC2CN(C2CC2)C3)cnn1-c1nn2cccc2c(=O)[nH]1. The fourth-order valence-corrected chi connectivity index (χ4v) is 5.00. The number of likely N-dealkylation sites (tertiary alicyclic amines) is 1. The van der Waals surface area contributed by atoms with Crippen LogP contribution in [0.3, 0.4) is 0 Å². The molecule has 9 nitrogen and oxygen atoms in total. The molecule has 5 heterocycles. The van der Waals surface area contributed by atoms with Crippen molar-refractivity contribution in [2.45, 2.75) is 50.7 Å². The summed E-state index contributed by atoms with van der Waals surface area (Å²) in [7, 11) is 0. The van der Waals surface area contributed by atoms with Gasteiger partial charge in [-0.25, -0.2) is 9.20 Å². The summed E-state index contributed by atoms with van der Waals surface area (Å²) in [6, 6.07) is 4.80. The molecule has 3 fully saturated rings. The van der Waals surface area contributed by atoms with Crippen molar-refractivity contribution in [3.63, 3.8) is 0 Å². The summed E-state index contributed by atoms with van der Waals surface area (Å²) in [4.78, 5) is 33.1. The Morgan fingerprint density at radius 2 is 1.86 bits per heavy atom. The number of aromatic amines is 1. The van der Waals surface area contributed by atoms with E-state index in [2.05, 4.69) is 25.0 Å². The van der Waals surface area contributed by atoms with Gasteiger partial charge in [0.25, 0.3) is 11.5 Å². The summed E-state index contributed by atoms with van der Waals surface area (Å²) in [5, 5.41) is 8.79. The highest BCUT2D eigenvalue weighted by molar-refractivity contribution is 5.96. The Labute approximate surface area is 166 Å². The zero-order valence-corrected chi connectivity index (χ0v) is 16.3. The lowest BCUT2D eigenvalue weighted by Crippen LogP contribution is -2.56. The Bertz CT molecular complexity index is 1160. The van der Waals surface area contributed by atoms with Crippen molar-refractivity contribution < 1.29 is 4.79 Å². The maximum absolute atomic E-state index is 13.4. The molecule has 2 bridgehead atoms. The van der Waals surface area contributed by atoms with Crippen molar-refractivity contribution in [2.75, 3.05) is 13.1 Å². The van der Waals surface area contributed by atoms with Gasteiger partial charge in [-0.2, -0.15) is 5.10 Å². The molecule has 9 heteroatoms. The number of nitrogens with one attached hydrogen (secondary N) is 1. The molecule has 1 amide bonds. The predicted molar refractivity (Wildman–Crippen MR) is 105 cm³/mol. The van der Waals surface area contributed by atoms with E-state index < -0.39 is 0 Å². The minimum absolute atomic E-state index is 0.0427. The predicted octanol–water partition coefficient (Wildman–Crippen LogP) is 0.968. The van der Waals surface area contributed by atoms with Crippen LogP contribution in [0.25, 0.3) is 11.5 Å². The summed E-state index contributed by atoms with van der Waals surface area (Å²) in [5.74, 6) is 0.345. The Hall–Kier alpha value is -2.94. The van der Waals surface area contributed by atoms with E-state index in [1.165, 1.54) is 22.0 Å². The van der Waals surface area contributed by atoms with E-state index in [1.807, 2.05) is 6.92 Å². The Kier molecular flexibility index (Phi) is 3.53. The monoisotopic (exact) mass is 393 g/mol. The highest BCUT2D eigenvalue weighted by Gasteiger charge is 2.46. The van der Waals surface area contributed by atoms with Crippen LogP contribution < -0.4 is 5.56 Å². The number of carbonyl (C=O) groups excluding carboxylic acids is 1. The second-order valence-corrected chi connectivity index (χ2v) is 8.45. The van der Waals surface area contributed by atoms with E-state index in [4.69, 9.17) is 0 Å². The first kappa shape index (κ1) is 17.0. The van der Waals surface area contributed by atoms with E-state index in [0.717, 1.165) is 32.0 Å². The van der Waals surface area contributed by atoms with Crippen LogP contribution >= 0.6 is 0 Å². The van der Waals surface area contributed by atoms with Gasteiger partial charge in [0.05, 0.1) is 17.5 Å². The maximum Gasteiger partial charge on any atom is 0.276 e. The molecule has 1 saturated carbocycles. The summed E-state index contributed by atoms with van der Waals surface area (Å²) in [6.07, 6.45) is 8.07. The summed E-state index contributed by atoms with van der Waals surface area (Å²) < 4.78 is 3.06. The molecule has 1 aliphatic carbocycles. The fourth-order valence-electron chi connectivity index (χ4n) is 5.00. The number of amides is 1. The zero-order chi connectivity index (χ0) is 19.7. The number of H-pyrrole nitrogens is 1. The molecular weight excluding hydrogens is 370 g/mol. The molecule has 0 aromatic carbocycles. The maximum atomic E-state index is 13.4. The minimum atomic E-state index is -0.239. The van der Waals surface area contributed by atoms with Crippen LogP contribution in [0.5, 0.6) is 0 Å². The van der Waals surface area contributed by atoms with E-state index in [9.17, 15) is 9.59 Å². The van der Waals surface area contributed by atoms with Crippen molar-refractivity contribution >= 4 is 11.4 Å². The topological polar surface area (TPSA) is 91.5 Å². The standard InChI is InChI=1S/C20H23N7O2/c1-12-16(9-21-27(12)20-22-18(28)17-3-2-8-25(17)23-20)19(29)26-14-6-7-15(26)11-24(10-14)13-4-5-13/h2-3,8-9,13-15H,4-7,10-11H2,1H3,(H,22,23,28). The second-order valence-electron chi connectivity index (χ2n) is 8.45. The fraction of sp³-hybridized carbons (Fsp3) is 0.500. The number of carbonyl (C=O) groups is 1. The highest BCUT2D eigenvalue weighted by Crippen LogP contribution is 2.37. The molecule has 1 N–H and O–H groups in total. The lowest BCUT2D eigenvalue weighted by atomic mass is 10.1. The highest BCUT2D eigenvalue weighted by atomic mass is 16.2. The Morgan fingerprint density at radius 3 is 2.59 bits per heavy atom. The lowest BCUT2D eigenvalue weighted by Gasteiger charge is -2.41. The summed E-state index contributed by atoms with van der Waals surface area (Å²) in [6.45, 7) is 3.82. The molecule has 3 aliphatic rings. The smallest absolute Gasteiger partial charge is 0.276 e. The average Bonchev–Trinajstić information content (AvgIpc) is 3.23. The van der Waals surface area contributed by atoms with Gasteiger partial charge in [-0.05, 0) is 44.7 Å². The normalized spacial score (nSPS) is 24.5. The van der Waals surface area contributed by atoms with Gasteiger partial charge in [-0.3, -0.25) is 19.5 Å². The Balaban J connectivity index is 1.32. The van der Waals surface area contributed by atoms with Crippen LogP contribution in [0.4, 0.5) is 0 Å². The van der Waals surface area contributed by atoms with Crippen molar-refractivity contribution in [2.24, 2.45) is 0 Å². The van der Waals surface area contributed by atoms with Gasteiger partial charge in [0, 0.05) is 37.4 Å². The number of rotatable bonds is 3. The van der Waals surface area contributed by atoms with Crippen molar-refractivity contribution in [1.82, 2.24) is 34.2 Å². The largest absolute Gasteiger partial charge is 0.330 e. The van der Waals surface area contributed by atoms with Gasteiger partial charge in [0.15, 0.2) is 0 Å². The number of nitrogens with zero attached hydrogens (tertiary/aromatic N) is 6. The van der Waals surface area contributed by atoms with Gasteiger partial charge < -0.3 is 4.90 Å². The van der Waals surface area contributed by atoms with Crippen molar-refractivity contribution in [1.29, 1.82) is 0 Å². The first-order chi connectivity index (χ1) is 14.1. The molecule has 3 aromatic rings. The van der Waals surface area contributed by atoms with E-state index in [-0.39, 0.29) is 11.5 Å². The van der Waals surface area contributed by atoms with Crippen molar-refractivity contribution in [3.05, 3.63) is 46.1 Å². The minimum Gasteiger partial charge on any atom is -0.330 e. The van der Waals surface area contributed by atoms with Gasteiger partial charge >= 0.3 is 0 Å². The molecule has 3 aromatic heterocycles. The summed E-state index contributed by atoms with van der Waals surface area (Å²) in [5.41, 5.74) is 1.50. The number of hydrogen-bond donors (Lipinski definition) is 1. The summed E-state index contributed by atoms with van der Waals surface area (Å²) >= 11 is 0. The van der Waals surface area contributed by atoms with Gasteiger partial charge in [0.1, 0.15) is 5.52 Å². The van der Waals surface area contributed by atoms with Gasteiger partial charge in [-0.15, -0.1) is 5.10 Å². The van der Waals surface area contributed by atoms with E-state index in [0.29, 0.717) is 34.8 Å². The molecule has 29 heavy (non-hydrogen) atoms. The van der Waals surface area contributed by atoms with E-state index in [1.54, 1.807) is 24.5 Å². The van der Waals surface area contributed by atoms with Gasteiger partial charge in [-0.1, -0.05) is 0 Å². The number of piperazine rings is 1. The number of hydrogen-bond acceptors (Lipinski definition) is 5. The molecular formula is C20H23N7O2. The number of aromatic nitrogens is 5.